The van der Waals surface area contributed by atoms with Crippen molar-refractivity contribution in [2.24, 2.45) is 71.0 Å². The molecule has 36 rings (SSSR count). The molecule has 0 N–H and O–H groups in total. The number of benzene rings is 15. The van der Waals surface area contributed by atoms with E-state index in [0.29, 0.717) is 29.6 Å². The Hall–Kier alpha value is -12.7. The van der Waals surface area contributed by atoms with Crippen LogP contribution in [-0.2, 0) is 22.7 Å². The van der Waals surface area contributed by atoms with Crippen molar-refractivity contribution in [2.75, 3.05) is 29.4 Å². The number of nitrogens with zero attached hydrogens (tertiary/aromatic N) is 6. The minimum Gasteiger partial charge on any atom is -0.311 e. The van der Waals surface area contributed by atoms with E-state index in [1.165, 1.54) is 281 Å². The van der Waals surface area contributed by atoms with Crippen LogP contribution in [0.25, 0.3) is 0 Å². The van der Waals surface area contributed by atoms with Gasteiger partial charge < -0.3 is 29.4 Å². The second-order valence-electron chi connectivity index (χ2n) is 50.2. The monoisotopic (exact) mass is 1900 g/mol. The Morgan fingerprint density at radius 2 is 0.479 bits per heavy atom. The highest BCUT2D eigenvalue weighted by Crippen LogP contribution is 2.75. The average molecular weight is 1900 g/mol. The van der Waals surface area contributed by atoms with Crippen LogP contribution >= 0.6 is 0 Å². The Kier molecular flexibility index (Phi) is 19.1. The zero-order valence-corrected chi connectivity index (χ0v) is 87.0. The topological polar surface area (TPSA) is 19.4 Å². The molecule has 0 atom stereocenters. The molecule has 9 heterocycles. The second-order valence-corrected chi connectivity index (χ2v) is 50.2. The average Bonchev–Trinajstić information content (AvgIpc) is 0.667. The first-order chi connectivity index (χ1) is 71.4. The van der Waals surface area contributed by atoms with Crippen LogP contribution in [0.5, 0.6) is 0 Å². The minimum absolute atomic E-state index is 0.113. The largest absolute Gasteiger partial charge is 0.311 e. The van der Waals surface area contributed by atoms with E-state index >= 15 is 0 Å². The van der Waals surface area contributed by atoms with E-state index in [1.807, 2.05) is 0 Å². The number of rotatable bonds is 9. The van der Waals surface area contributed by atoms with Crippen molar-refractivity contribution >= 4 is 172 Å². The fraction of sp³-hybridized carbons (Fsp3) is 0.343. The summed E-state index contributed by atoms with van der Waals surface area (Å²) in [6, 6.07) is 123. The van der Waals surface area contributed by atoms with Gasteiger partial charge in [-0.15, -0.1) is 0 Å². The molecule has 3 spiro atoms. The third-order valence-electron chi connectivity index (χ3n) is 41.7. The molecule has 0 saturated heterocycles. The van der Waals surface area contributed by atoms with Crippen LogP contribution < -0.4 is 78.6 Å². The van der Waals surface area contributed by atoms with Gasteiger partial charge in [-0.1, -0.05) is 276 Å². The molecule has 21 aliphatic rings. The molecule has 0 amide bonds. The molecule has 12 saturated carbocycles. The second kappa shape index (κ2) is 31.9. The number of aryl methyl sites for hydroxylation is 1. The Labute approximate surface area is 866 Å². The highest BCUT2D eigenvalue weighted by molar-refractivity contribution is 7.02. The van der Waals surface area contributed by atoms with Crippen LogP contribution in [-0.4, -0.2) is 20.1 Å². The Morgan fingerprint density at radius 1 is 0.212 bits per heavy atom. The number of hydrogen-bond donors (Lipinski definition) is 0. The van der Waals surface area contributed by atoms with Crippen molar-refractivity contribution < 1.29 is 0 Å². The van der Waals surface area contributed by atoms with Crippen molar-refractivity contribution in [1.82, 2.24) is 0 Å². The lowest BCUT2D eigenvalue weighted by Gasteiger charge is -2.64. The first-order valence-electron chi connectivity index (χ1n) is 57.0. The van der Waals surface area contributed by atoms with Crippen LogP contribution in [0.1, 0.15) is 269 Å². The summed E-state index contributed by atoms with van der Waals surface area (Å²) in [7, 11) is 0. The molecule has 0 unspecified atom stereocenters. The summed E-state index contributed by atoms with van der Waals surface area (Å²) >= 11 is 0. The predicted molar refractivity (Wildman–Crippen MR) is 615 cm³/mol. The maximum absolute atomic E-state index is 2.71. The molecule has 6 nitrogen and oxygen atoms in total. The number of hydrogen-bond acceptors (Lipinski definition) is 6. The molecule has 0 aromatic heterocycles. The van der Waals surface area contributed by atoms with Crippen molar-refractivity contribution in [3.63, 3.8) is 0 Å². The van der Waals surface area contributed by atoms with Crippen LogP contribution in [0, 0.1) is 71.0 Å². The first kappa shape index (κ1) is 87.5. The molecule has 9 aliphatic heterocycles. The summed E-state index contributed by atoms with van der Waals surface area (Å²) < 4.78 is 0. The normalized spacial score (nSPS) is 26.3. The fourth-order valence-electron chi connectivity index (χ4n) is 36.5. The third kappa shape index (κ3) is 11.8. The van der Waals surface area contributed by atoms with Gasteiger partial charge in [0.1, 0.15) is 0 Å². The molecule has 12 fully saturated rings. The summed E-state index contributed by atoms with van der Waals surface area (Å²) in [6.45, 7) is 26.0. The Balaban J connectivity index is 0.0000000995. The van der Waals surface area contributed by atoms with Gasteiger partial charge in [0, 0.05) is 102 Å². The van der Waals surface area contributed by atoms with Gasteiger partial charge in [-0.2, -0.15) is 0 Å². The molecule has 15 aromatic carbocycles. The predicted octanol–water partition coefficient (Wildman–Crippen LogP) is 29.7. The summed E-state index contributed by atoms with van der Waals surface area (Å²) in [6.07, 6.45) is 22.3. The van der Waals surface area contributed by atoms with Gasteiger partial charge in [0.15, 0.2) is 0 Å². The van der Waals surface area contributed by atoms with E-state index < -0.39 is 0 Å². The molecule has 9 heteroatoms. The number of para-hydroxylation sites is 6. The summed E-state index contributed by atoms with van der Waals surface area (Å²) in [5.41, 5.74) is 56.1. The SMILES string of the molecule is CC(C)c1cccc(N2c3cc(C(C)C)ccc3B3c4cccc5c4N(c4ccccc4C54C5CC6CC(C5)CC4C6)c4cccc2c43)c1.CC(C)c1cccc(N2c3ccc(C(C)C)cc3B3c4cccc5c4N(c4ccccc4C54C5CC6CC(C5)CC4C6)c4cccc2c43)c1.CCc1ccc2c(c1)N(c1cccc(C(C)C)c1)c1cccc3c1B2c1cccc2c1N3c1ccccc1C21C2CC3CC(C2)CC1C3. The molecule has 12 bridgehead atoms. The Bertz CT molecular complexity index is 7940. The summed E-state index contributed by atoms with van der Waals surface area (Å²) in [4.78, 5) is 15.9. The summed E-state index contributed by atoms with van der Waals surface area (Å²) in [5, 5.41) is 0. The highest BCUT2D eigenvalue weighted by atomic mass is 15.2. The van der Waals surface area contributed by atoms with Gasteiger partial charge >= 0.3 is 0 Å². The van der Waals surface area contributed by atoms with Gasteiger partial charge in [-0.25, -0.2) is 0 Å². The zero-order valence-electron chi connectivity index (χ0n) is 87.0. The first-order valence-corrected chi connectivity index (χ1v) is 57.0. The number of anilines is 18. The van der Waals surface area contributed by atoms with Gasteiger partial charge in [0.2, 0.25) is 0 Å². The van der Waals surface area contributed by atoms with Gasteiger partial charge in [-0.05, 0) is 428 Å². The van der Waals surface area contributed by atoms with Crippen LogP contribution in [0.4, 0.5) is 102 Å². The van der Waals surface area contributed by atoms with Crippen LogP contribution in [0.3, 0.4) is 0 Å². The molecule has 15 aromatic rings. The van der Waals surface area contributed by atoms with E-state index in [0.717, 1.165) is 77.4 Å². The molecule has 720 valence electrons. The zero-order chi connectivity index (χ0) is 97.4. The third-order valence-corrected chi connectivity index (χ3v) is 41.7. The maximum Gasteiger partial charge on any atom is 0.252 e. The van der Waals surface area contributed by atoms with Crippen LogP contribution in [0.2, 0.25) is 0 Å². The van der Waals surface area contributed by atoms with E-state index in [2.05, 4.69) is 415 Å². The maximum atomic E-state index is 2.71. The smallest absolute Gasteiger partial charge is 0.252 e. The van der Waals surface area contributed by atoms with E-state index in [1.54, 1.807) is 33.4 Å². The van der Waals surface area contributed by atoms with E-state index in [-0.39, 0.29) is 36.4 Å². The number of fused-ring (bicyclic) bond motifs is 18. The molecule has 12 aliphatic carbocycles. The van der Waals surface area contributed by atoms with E-state index in [9.17, 15) is 0 Å². The molecular formula is C137H133B3N6. The van der Waals surface area contributed by atoms with Crippen LogP contribution in [0.15, 0.2) is 309 Å². The lowest BCUT2D eigenvalue weighted by Crippen LogP contribution is -2.64. The fourth-order valence-corrected chi connectivity index (χ4v) is 36.5. The minimum atomic E-state index is 0.113. The summed E-state index contributed by atoms with van der Waals surface area (Å²) in [5.74, 6) is 12.4. The molecular weight excluding hydrogens is 1760 g/mol. The van der Waals surface area contributed by atoms with Crippen molar-refractivity contribution in [1.29, 1.82) is 0 Å². The van der Waals surface area contributed by atoms with Crippen molar-refractivity contribution in [3.8, 4) is 0 Å². The van der Waals surface area contributed by atoms with Gasteiger partial charge in [0.05, 0.1) is 17.1 Å². The lowest BCUT2D eigenvalue weighted by atomic mass is 9.32. The quantitative estimate of drug-likeness (QED) is 0.133. The van der Waals surface area contributed by atoms with Gasteiger partial charge in [-0.3, -0.25) is 0 Å². The molecule has 0 radical (unpaired) electrons. The van der Waals surface area contributed by atoms with Crippen molar-refractivity contribution in [2.45, 2.75) is 225 Å². The lowest BCUT2D eigenvalue weighted by molar-refractivity contribution is -0.0419. The Morgan fingerprint density at radius 3 is 0.822 bits per heavy atom. The van der Waals surface area contributed by atoms with Crippen molar-refractivity contribution in [3.05, 3.63) is 376 Å². The van der Waals surface area contributed by atoms with Gasteiger partial charge in [0.25, 0.3) is 20.1 Å². The van der Waals surface area contributed by atoms with E-state index in [4.69, 9.17) is 0 Å². The highest BCUT2D eigenvalue weighted by Gasteiger charge is 2.68. The molecule has 146 heavy (non-hydrogen) atoms. The standard InChI is InChI=1S/2C46H45BN2.C45H43BN2/c1-27(2)31-10-7-11-35(25-31)48-41-16-9-17-42-44(41)47(38-19-18-32(28(3)4)26-43(38)48)39-14-8-13-37-45(39)49(42)40-15-6-5-12-36(40)46(37)33-21-29-20-30(23-33)24-34(46)22-29;1-27(2)31-10-7-11-35(25-31)48-41-19-18-32(28(3)4)26-39(41)47-38-14-8-13-37-45(38)49(43-17-9-16-42(48)44(43)47)40-15-6-5-12-36(40)46(37)33-21-29-20-30(23-33)24-34(46)22-29;1-4-28-18-19-37-42(25-28)47(34-11-7-10-31(26-34)27(2)3)40-16-9-17-41-43(40)46(37)38-14-8-13-36-44(38)48(41)39-15-6-5-12-35(39)45(36)32-21-29-20-30(23-32)24-33(45)22-29/h2*5-19,25-30,33-34H,20-24H2,1-4H3;5-19,25-27,29-30,32-33H,4,20-24H2,1-3H3.